The third kappa shape index (κ3) is 39.6. The standard InChI is InChI=1S/C32H65FO8/c1-2-3-4-5-6-7-8-9-10-11-12-13-14-15-17-34-19-21-36-23-25-38-27-29-40-31-32-41-30-28-39-26-24-37-22-20-35-18-16-33/h2-32H2,1H3. The molecular weight excluding hydrogens is 531 g/mol. The largest absolute Gasteiger partial charge is 0.379 e. The molecule has 0 fully saturated rings. The summed E-state index contributed by atoms with van der Waals surface area (Å²) < 4.78 is 55.1. The summed E-state index contributed by atoms with van der Waals surface area (Å²) in [6, 6.07) is 0. The van der Waals surface area contributed by atoms with Gasteiger partial charge in [0.25, 0.3) is 0 Å². The molecule has 0 amide bonds. The van der Waals surface area contributed by atoms with E-state index >= 15 is 0 Å². The number of ether oxygens (including phenoxy) is 8. The van der Waals surface area contributed by atoms with Crippen molar-refractivity contribution in [2.24, 2.45) is 0 Å². The number of hydrogen-bond donors (Lipinski definition) is 0. The summed E-state index contributed by atoms with van der Waals surface area (Å²) in [5.74, 6) is 0. The first kappa shape index (κ1) is 40.6. The van der Waals surface area contributed by atoms with Crippen LogP contribution in [0, 0.1) is 0 Å². The molecule has 9 heteroatoms. The number of hydrogen-bond acceptors (Lipinski definition) is 8. The molecule has 0 aliphatic heterocycles. The molecule has 0 saturated carbocycles. The summed E-state index contributed by atoms with van der Waals surface area (Å²) >= 11 is 0. The second-order valence-electron chi connectivity index (χ2n) is 10.2. The molecule has 0 aromatic heterocycles. The van der Waals surface area contributed by atoms with E-state index in [1.54, 1.807) is 0 Å². The lowest BCUT2D eigenvalue weighted by Crippen LogP contribution is -2.15. The van der Waals surface area contributed by atoms with Gasteiger partial charge in [-0.3, -0.25) is 0 Å². The van der Waals surface area contributed by atoms with Crippen LogP contribution in [0.4, 0.5) is 4.39 Å². The maximum atomic E-state index is 11.8. The van der Waals surface area contributed by atoms with Crippen molar-refractivity contribution in [2.45, 2.75) is 96.8 Å². The summed E-state index contributed by atoms with van der Waals surface area (Å²) in [4.78, 5) is 0. The highest BCUT2D eigenvalue weighted by Crippen LogP contribution is 2.12. The van der Waals surface area contributed by atoms with Gasteiger partial charge in [-0.05, 0) is 6.42 Å². The maximum absolute atomic E-state index is 11.8. The zero-order chi connectivity index (χ0) is 29.6. The molecule has 0 N–H and O–H groups in total. The Bertz CT molecular complexity index is 410. The Kier molecular flexibility index (Phi) is 39.2. The van der Waals surface area contributed by atoms with Crippen molar-refractivity contribution in [3.8, 4) is 0 Å². The van der Waals surface area contributed by atoms with Crippen molar-refractivity contribution in [3.63, 3.8) is 0 Å². The average molecular weight is 597 g/mol. The van der Waals surface area contributed by atoms with Gasteiger partial charge in [0.1, 0.15) is 6.67 Å². The second kappa shape index (κ2) is 39.6. The lowest BCUT2D eigenvalue weighted by Gasteiger charge is -2.08. The fourth-order valence-electron chi connectivity index (χ4n) is 4.09. The van der Waals surface area contributed by atoms with Crippen LogP contribution in [0.1, 0.15) is 96.8 Å². The van der Waals surface area contributed by atoms with Gasteiger partial charge in [0.15, 0.2) is 0 Å². The normalized spacial score (nSPS) is 11.6. The molecule has 0 atom stereocenters. The Morgan fingerprint density at radius 1 is 0.268 bits per heavy atom. The minimum Gasteiger partial charge on any atom is -0.379 e. The molecule has 248 valence electrons. The van der Waals surface area contributed by atoms with E-state index in [9.17, 15) is 4.39 Å². The predicted molar refractivity (Wildman–Crippen MR) is 163 cm³/mol. The van der Waals surface area contributed by atoms with Gasteiger partial charge >= 0.3 is 0 Å². The molecular formula is C32H65FO8. The molecule has 0 unspecified atom stereocenters. The first-order valence-electron chi connectivity index (χ1n) is 16.6. The molecule has 0 aliphatic rings. The highest BCUT2D eigenvalue weighted by molar-refractivity contribution is 4.49. The first-order chi connectivity index (χ1) is 20.4. The second-order valence-corrected chi connectivity index (χ2v) is 10.2. The molecule has 0 aromatic rings. The lowest BCUT2D eigenvalue weighted by atomic mass is 10.0. The summed E-state index contributed by atoms with van der Waals surface area (Å²) in [7, 11) is 0. The minimum atomic E-state index is -0.465. The van der Waals surface area contributed by atoms with Crippen LogP contribution in [0.25, 0.3) is 0 Å². The van der Waals surface area contributed by atoms with E-state index in [0.29, 0.717) is 92.5 Å². The summed E-state index contributed by atoms with van der Waals surface area (Å²) in [6.07, 6.45) is 19.3. The third-order valence-electron chi connectivity index (χ3n) is 6.47. The molecule has 0 radical (unpaired) electrons. The van der Waals surface area contributed by atoms with Gasteiger partial charge < -0.3 is 37.9 Å². The minimum absolute atomic E-state index is 0.124. The van der Waals surface area contributed by atoms with E-state index in [2.05, 4.69) is 6.92 Å². The molecule has 8 nitrogen and oxygen atoms in total. The van der Waals surface area contributed by atoms with Gasteiger partial charge in [0.05, 0.1) is 99.1 Å². The number of rotatable bonds is 38. The number of alkyl halides is 1. The SMILES string of the molecule is CCCCCCCCCCCCCCCCOCCOCCOCCOCCOCCOCCOCCOCCF. The van der Waals surface area contributed by atoms with E-state index in [4.69, 9.17) is 37.9 Å². The number of halogens is 1. The molecule has 0 aromatic carbocycles. The van der Waals surface area contributed by atoms with Gasteiger partial charge in [-0.15, -0.1) is 0 Å². The van der Waals surface area contributed by atoms with Crippen LogP contribution in [-0.2, 0) is 37.9 Å². The Morgan fingerprint density at radius 2 is 0.488 bits per heavy atom. The molecule has 0 aliphatic carbocycles. The molecule has 0 bridgehead atoms. The molecule has 0 spiro atoms. The van der Waals surface area contributed by atoms with E-state index in [0.717, 1.165) is 13.0 Å². The summed E-state index contributed by atoms with van der Waals surface area (Å²) in [5.41, 5.74) is 0. The maximum Gasteiger partial charge on any atom is 0.113 e. The Hall–Kier alpha value is -0.390. The van der Waals surface area contributed by atoms with Gasteiger partial charge in [0, 0.05) is 6.61 Å². The highest BCUT2D eigenvalue weighted by Gasteiger charge is 1.97. The van der Waals surface area contributed by atoms with E-state index < -0.39 is 6.67 Å². The Balaban J connectivity index is 3.02. The summed E-state index contributed by atoms with van der Waals surface area (Å²) in [5, 5.41) is 0. The third-order valence-corrected chi connectivity index (χ3v) is 6.47. The van der Waals surface area contributed by atoms with Gasteiger partial charge in [0.2, 0.25) is 0 Å². The molecule has 0 heterocycles. The quantitative estimate of drug-likeness (QED) is 0.0741. The zero-order valence-corrected chi connectivity index (χ0v) is 26.6. The molecule has 41 heavy (non-hydrogen) atoms. The van der Waals surface area contributed by atoms with Crippen molar-refractivity contribution in [3.05, 3.63) is 0 Å². The number of unbranched alkanes of at least 4 members (excludes halogenated alkanes) is 13. The van der Waals surface area contributed by atoms with Crippen molar-refractivity contribution in [1.82, 2.24) is 0 Å². The van der Waals surface area contributed by atoms with Crippen LogP contribution in [0.3, 0.4) is 0 Å². The van der Waals surface area contributed by atoms with Crippen LogP contribution < -0.4 is 0 Å². The smallest absolute Gasteiger partial charge is 0.113 e. The fourth-order valence-corrected chi connectivity index (χ4v) is 4.09. The highest BCUT2D eigenvalue weighted by atomic mass is 19.1. The van der Waals surface area contributed by atoms with Crippen molar-refractivity contribution in [2.75, 3.05) is 112 Å². The monoisotopic (exact) mass is 596 g/mol. The van der Waals surface area contributed by atoms with E-state index in [1.165, 1.54) is 83.5 Å². The lowest BCUT2D eigenvalue weighted by molar-refractivity contribution is -0.0233. The molecule has 0 saturated heterocycles. The van der Waals surface area contributed by atoms with Gasteiger partial charge in [-0.2, -0.15) is 0 Å². The zero-order valence-electron chi connectivity index (χ0n) is 26.6. The topological polar surface area (TPSA) is 73.8 Å². The van der Waals surface area contributed by atoms with Crippen LogP contribution >= 0.6 is 0 Å². The average Bonchev–Trinajstić information content (AvgIpc) is 2.98. The van der Waals surface area contributed by atoms with Crippen molar-refractivity contribution < 1.29 is 42.3 Å². The Morgan fingerprint density at radius 3 is 0.756 bits per heavy atom. The van der Waals surface area contributed by atoms with Crippen molar-refractivity contribution >= 4 is 0 Å². The summed E-state index contributed by atoms with van der Waals surface area (Å²) in [6.45, 7) is 10.2. The first-order valence-corrected chi connectivity index (χ1v) is 16.6. The van der Waals surface area contributed by atoms with Crippen LogP contribution in [0.15, 0.2) is 0 Å². The van der Waals surface area contributed by atoms with Crippen LogP contribution in [-0.4, -0.2) is 112 Å². The van der Waals surface area contributed by atoms with Gasteiger partial charge in [-0.25, -0.2) is 4.39 Å². The molecule has 0 rings (SSSR count). The van der Waals surface area contributed by atoms with E-state index in [1.807, 2.05) is 0 Å². The van der Waals surface area contributed by atoms with Crippen LogP contribution in [0.2, 0.25) is 0 Å². The van der Waals surface area contributed by atoms with E-state index in [-0.39, 0.29) is 6.61 Å². The van der Waals surface area contributed by atoms with Crippen LogP contribution in [0.5, 0.6) is 0 Å². The predicted octanol–water partition coefficient (Wildman–Crippen LogP) is 6.57. The Labute approximate surface area is 251 Å². The van der Waals surface area contributed by atoms with Gasteiger partial charge in [-0.1, -0.05) is 90.4 Å². The van der Waals surface area contributed by atoms with Crippen molar-refractivity contribution in [1.29, 1.82) is 0 Å². The fraction of sp³-hybridized carbons (Fsp3) is 1.00.